The van der Waals surface area contributed by atoms with E-state index in [0.29, 0.717) is 0 Å². The summed E-state index contributed by atoms with van der Waals surface area (Å²) in [6.45, 7) is 9.41. The summed E-state index contributed by atoms with van der Waals surface area (Å²) in [5.41, 5.74) is 0. The summed E-state index contributed by atoms with van der Waals surface area (Å²) in [6.07, 6.45) is 8.50. The molecule has 2 rings (SSSR count). The second-order valence-corrected chi connectivity index (χ2v) is 6.38. The van der Waals surface area contributed by atoms with Crippen molar-refractivity contribution in [3.63, 3.8) is 0 Å². The first-order chi connectivity index (χ1) is 8.20. The van der Waals surface area contributed by atoms with Gasteiger partial charge in [-0.2, -0.15) is 0 Å². The molecule has 2 atom stereocenters. The maximum Gasteiger partial charge on any atom is 0.0113 e. The number of hydrogen-bond acceptors (Lipinski definition) is 2. The Hall–Kier alpha value is -0.0800. The van der Waals surface area contributed by atoms with Crippen molar-refractivity contribution in [3.05, 3.63) is 0 Å². The van der Waals surface area contributed by atoms with Gasteiger partial charge in [-0.25, -0.2) is 0 Å². The normalized spacial score (nSPS) is 34.2. The molecule has 2 heteroatoms. The minimum atomic E-state index is 0.797. The zero-order valence-electron chi connectivity index (χ0n) is 11.9. The van der Waals surface area contributed by atoms with Crippen molar-refractivity contribution < 1.29 is 0 Å². The molecule has 0 aromatic heterocycles. The maximum atomic E-state index is 3.67. The first-order valence-electron chi connectivity index (χ1n) is 7.69. The maximum absolute atomic E-state index is 3.67. The lowest BCUT2D eigenvalue weighted by Crippen LogP contribution is -2.56. The SMILES string of the molecule is CCNC1CC2CCCC(C1)N2CCC(C)C. The van der Waals surface area contributed by atoms with Gasteiger partial charge in [-0.3, -0.25) is 4.90 Å². The molecule has 2 aliphatic heterocycles. The van der Waals surface area contributed by atoms with E-state index in [9.17, 15) is 0 Å². The van der Waals surface area contributed by atoms with Gasteiger partial charge in [0.25, 0.3) is 0 Å². The van der Waals surface area contributed by atoms with E-state index in [-0.39, 0.29) is 0 Å². The van der Waals surface area contributed by atoms with Gasteiger partial charge in [0, 0.05) is 18.1 Å². The topological polar surface area (TPSA) is 15.3 Å². The Kier molecular flexibility index (Phi) is 4.87. The molecule has 0 aliphatic carbocycles. The lowest BCUT2D eigenvalue weighted by Gasteiger charge is -2.49. The van der Waals surface area contributed by atoms with E-state index < -0.39 is 0 Å². The zero-order valence-corrected chi connectivity index (χ0v) is 11.9. The van der Waals surface area contributed by atoms with Crippen LogP contribution in [0.5, 0.6) is 0 Å². The fourth-order valence-corrected chi connectivity index (χ4v) is 3.71. The first-order valence-corrected chi connectivity index (χ1v) is 7.69. The third-order valence-corrected chi connectivity index (χ3v) is 4.58. The van der Waals surface area contributed by atoms with E-state index in [4.69, 9.17) is 0 Å². The highest BCUT2D eigenvalue weighted by molar-refractivity contribution is 4.94. The third kappa shape index (κ3) is 3.45. The molecule has 2 unspecified atom stereocenters. The summed E-state index contributed by atoms with van der Waals surface area (Å²) >= 11 is 0. The lowest BCUT2D eigenvalue weighted by molar-refractivity contribution is 0.0216. The third-order valence-electron chi connectivity index (χ3n) is 4.58. The fraction of sp³-hybridized carbons (Fsp3) is 1.00. The Morgan fingerprint density at radius 1 is 1.18 bits per heavy atom. The summed E-state index contributed by atoms with van der Waals surface area (Å²) in [5.74, 6) is 0.849. The van der Waals surface area contributed by atoms with Crippen LogP contribution in [0.4, 0.5) is 0 Å². The summed E-state index contributed by atoms with van der Waals surface area (Å²) in [6, 6.07) is 2.56. The van der Waals surface area contributed by atoms with Crippen LogP contribution in [0.25, 0.3) is 0 Å². The van der Waals surface area contributed by atoms with Crippen molar-refractivity contribution in [2.45, 2.75) is 77.4 Å². The number of fused-ring (bicyclic) bond motifs is 2. The molecule has 2 saturated heterocycles. The van der Waals surface area contributed by atoms with Crippen LogP contribution in [0.15, 0.2) is 0 Å². The predicted octanol–water partition coefficient (Wildman–Crippen LogP) is 3.03. The molecule has 0 amide bonds. The monoisotopic (exact) mass is 238 g/mol. The molecule has 0 aromatic rings. The highest BCUT2D eigenvalue weighted by Crippen LogP contribution is 2.34. The molecule has 0 saturated carbocycles. The minimum absolute atomic E-state index is 0.797. The molecule has 2 heterocycles. The Labute approximate surface area is 107 Å². The second kappa shape index (κ2) is 6.19. The van der Waals surface area contributed by atoms with Gasteiger partial charge in [-0.1, -0.05) is 27.2 Å². The molecule has 2 nitrogen and oxygen atoms in total. The van der Waals surface area contributed by atoms with Gasteiger partial charge in [0.1, 0.15) is 0 Å². The molecule has 2 bridgehead atoms. The van der Waals surface area contributed by atoms with Crippen LogP contribution in [-0.4, -0.2) is 36.1 Å². The molecule has 0 spiro atoms. The van der Waals surface area contributed by atoms with Crippen molar-refractivity contribution in [1.82, 2.24) is 10.2 Å². The highest BCUT2D eigenvalue weighted by Gasteiger charge is 2.37. The van der Waals surface area contributed by atoms with Gasteiger partial charge >= 0.3 is 0 Å². The van der Waals surface area contributed by atoms with Crippen molar-refractivity contribution in [2.75, 3.05) is 13.1 Å². The van der Waals surface area contributed by atoms with Crippen LogP contribution in [-0.2, 0) is 0 Å². The van der Waals surface area contributed by atoms with Crippen LogP contribution < -0.4 is 5.32 Å². The van der Waals surface area contributed by atoms with Gasteiger partial charge in [0.2, 0.25) is 0 Å². The lowest BCUT2D eigenvalue weighted by atomic mass is 9.81. The van der Waals surface area contributed by atoms with Crippen LogP contribution in [0.3, 0.4) is 0 Å². The molecule has 17 heavy (non-hydrogen) atoms. The van der Waals surface area contributed by atoms with E-state index in [1.165, 1.54) is 45.1 Å². The van der Waals surface area contributed by atoms with E-state index in [1.54, 1.807) is 0 Å². The standard InChI is InChI=1S/C15H30N2/c1-4-16-13-10-14-6-5-7-15(11-13)17(14)9-8-12(2)3/h12-16H,4-11H2,1-3H3. The van der Waals surface area contributed by atoms with Crippen LogP contribution >= 0.6 is 0 Å². The average molecular weight is 238 g/mol. The van der Waals surface area contributed by atoms with Gasteiger partial charge < -0.3 is 5.32 Å². The van der Waals surface area contributed by atoms with Crippen LogP contribution in [0, 0.1) is 5.92 Å². The van der Waals surface area contributed by atoms with E-state index >= 15 is 0 Å². The summed E-state index contributed by atoms with van der Waals surface area (Å²) in [4.78, 5) is 2.84. The number of nitrogens with one attached hydrogen (secondary N) is 1. The van der Waals surface area contributed by atoms with Crippen molar-refractivity contribution in [2.24, 2.45) is 5.92 Å². The molecule has 0 radical (unpaired) electrons. The number of nitrogens with zero attached hydrogens (tertiary/aromatic N) is 1. The van der Waals surface area contributed by atoms with Crippen molar-refractivity contribution >= 4 is 0 Å². The minimum Gasteiger partial charge on any atom is -0.314 e. The van der Waals surface area contributed by atoms with E-state index in [0.717, 1.165) is 30.6 Å². The molecular weight excluding hydrogens is 208 g/mol. The van der Waals surface area contributed by atoms with Crippen LogP contribution in [0.1, 0.15) is 59.3 Å². The molecule has 2 aliphatic rings. The number of hydrogen-bond donors (Lipinski definition) is 1. The van der Waals surface area contributed by atoms with Crippen molar-refractivity contribution in [3.8, 4) is 0 Å². The second-order valence-electron chi connectivity index (χ2n) is 6.38. The highest BCUT2D eigenvalue weighted by atomic mass is 15.2. The van der Waals surface area contributed by atoms with Crippen LogP contribution in [0.2, 0.25) is 0 Å². The first kappa shape index (κ1) is 13.4. The quantitative estimate of drug-likeness (QED) is 0.792. The number of piperidine rings is 2. The van der Waals surface area contributed by atoms with Gasteiger partial charge in [0.15, 0.2) is 0 Å². The molecular formula is C15H30N2. The molecule has 1 N–H and O–H groups in total. The van der Waals surface area contributed by atoms with E-state index in [2.05, 4.69) is 31.0 Å². The van der Waals surface area contributed by atoms with E-state index in [1.807, 2.05) is 0 Å². The van der Waals surface area contributed by atoms with Gasteiger partial charge in [0.05, 0.1) is 0 Å². The summed E-state index contributed by atoms with van der Waals surface area (Å²) in [7, 11) is 0. The fourth-order valence-electron chi connectivity index (χ4n) is 3.71. The number of rotatable bonds is 5. The Balaban J connectivity index is 1.90. The zero-order chi connectivity index (χ0) is 12.3. The summed E-state index contributed by atoms with van der Waals surface area (Å²) < 4.78 is 0. The molecule has 100 valence electrons. The Bertz CT molecular complexity index is 213. The Morgan fingerprint density at radius 2 is 1.82 bits per heavy atom. The van der Waals surface area contributed by atoms with Gasteiger partial charge in [-0.15, -0.1) is 0 Å². The average Bonchev–Trinajstić information content (AvgIpc) is 2.26. The smallest absolute Gasteiger partial charge is 0.0113 e. The van der Waals surface area contributed by atoms with Crippen molar-refractivity contribution in [1.29, 1.82) is 0 Å². The largest absolute Gasteiger partial charge is 0.314 e. The summed E-state index contributed by atoms with van der Waals surface area (Å²) in [5, 5.41) is 3.67. The predicted molar refractivity (Wildman–Crippen MR) is 74.3 cm³/mol. The molecule has 0 aromatic carbocycles. The molecule has 2 fully saturated rings. The Morgan fingerprint density at radius 3 is 2.35 bits per heavy atom. The van der Waals surface area contributed by atoms with Gasteiger partial charge in [-0.05, 0) is 51.1 Å².